The fourth-order valence-corrected chi connectivity index (χ4v) is 7.78. The Morgan fingerprint density at radius 2 is 2.04 bits per heavy atom. The van der Waals surface area contributed by atoms with Crippen molar-refractivity contribution in [3.8, 4) is 0 Å². The Morgan fingerprint density at radius 3 is 2.73 bits per heavy atom. The summed E-state index contributed by atoms with van der Waals surface area (Å²) in [6.07, 6.45) is 1.39. The minimum atomic E-state index is -1.57. The Kier molecular flexibility index (Phi) is 3.06. The molecule has 6 heteroatoms. The van der Waals surface area contributed by atoms with Gasteiger partial charge in [0, 0.05) is 29.1 Å². The van der Waals surface area contributed by atoms with Gasteiger partial charge in [0.1, 0.15) is 6.29 Å². The van der Waals surface area contributed by atoms with Crippen LogP contribution in [0.15, 0.2) is 12.2 Å². The van der Waals surface area contributed by atoms with Gasteiger partial charge in [0.2, 0.25) is 0 Å². The van der Waals surface area contributed by atoms with E-state index in [1.54, 1.807) is 0 Å². The van der Waals surface area contributed by atoms with E-state index in [-0.39, 0.29) is 36.7 Å². The van der Waals surface area contributed by atoms with E-state index in [0.29, 0.717) is 0 Å². The van der Waals surface area contributed by atoms with Gasteiger partial charge < -0.3 is 24.9 Å². The van der Waals surface area contributed by atoms with E-state index >= 15 is 0 Å². The lowest BCUT2D eigenvalue weighted by Gasteiger charge is -2.64. The number of ether oxygens (including phenoxy) is 1. The van der Waals surface area contributed by atoms with Crippen molar-refractivity contribution in [2.24, 2.45) is 34.0 Å². The van der Waals surface area contributed by atoms with Crippen LogP contribution in [0.25, 0.3) is 0 Å². The van der Waals surface area contributed by atoms with Crippen LogP contribution in [0.2, 0.25) is 0 Å². The molecule has 2 spiro atoms. The number of aliphatic hydroxyl groups is 3. The third-order valence-electron chi connectivity index (χ3n) is 8.74. The molecule has 1 saturated heterocycles. The minimum Gasteiger partial charge on any atom is -0.392 e. The van der Waals surface area contributed by atoms with E-state index < -0.39 is 46.1 Å². The lowest BCUT2D eigenvalue weighted by molar-refractivity contribution is -0.292. The van der Waals surface area contributed by atoms with Crippen LogP contribution in [0, 0.1) is 34.0 Å². The topological polar surface area (TPSA) is 104 Å². The maximum atomic E-state index is 13.3. The first-order chi connectivity index (χ1) is 12.2. The number of carbonyl (C=O) groups is 2. The highest BCUT2D eigenvalue weighted by Gasteiger charge is 2.83. The van der Waals surface area contributed by atoms with Crippen LogP contribution in [-0.4, -0.2) is 52.0 Å². The van der Waals surface area contributed by atoms with E-state index in [0.717, 1.165) is 25.5 Å². The van der Waals surface area contributed by atoms with Gasteiger partial charge in [0.05, 0.1) is 24.2 Å². The normalized spacial score (nSPS) is 60.5. The average molecular weight is 362 g/mol. The van der Waals surface area contributed by atoms with Crippen molar-refractivity contribution >= 4 is 12.1 Å². The van der Waals surface area contributed by atoms with Crippen LogP contribution in [0.3, 0.4) is 0 Å². The van der Waals surface area contributed by atoms with Gasteiger partial charge in [0.25, 0.3) is 0 Å². The Morgan fingerprint density at radius 1 is 1.31 bits per heavy atom. The summed E-state index contributed by atoms with van der Waals surface area (Å²) in [7, 11) is 0. The maximum Gasteiger partial charge on any atom is 0.170 e. The van der Waals surface area contributed by atoms with Crippen molar-refractivity contribution in [1.29, 1.82) is 0 Å². The van der Waals surface area contributed by atoms with Crippen LogP contribution in [0.4, 0.5) is 0 Å². The monoisotopic (exact) mass is 362 g/mol. The van der Waals surface area contributed by atoms with Gasteiger partial charge in [-0.3, -0.25) is 4.79 Å². The van der Waals surface area contributed by atoms with E-state index in [2.05, 4.69) is 6.58 Å². The first-order valence-electron chi connectivity index (χ1n) is 9.60. The second kappa shape index (κ2) is 4.66. The molecule has 2 bridgehead atoms. The van der Waals surface area contributed by atoms with Crippen molar-refractivity contribution in [1.82, 2.24) is 0 Å². The predicted molar refractivity (Wildman–Crippen MR) is 89.7 cm³/mol. The molecule has 0 aromatic rings. The van der Waals surface area contributed by atoms with Gasteiger partial charge in [-0.05, 0) is 30.8 Å². The molecule has 0 aromatic heterocycles. The zero-order chi connectivity index (χ0) is 18.7. The number of fused-ring (bicyclic) bond motifs is 1. The van der Waals surface area contributed by atoms with Gasteiger partial charge in [-0.1, -0.05) is 19.9 Å². The first kappa shape index (κ1) is 17.0. The molecule has 5 aliphatic rings. The summed E-state index contributed by atoms with van der Waals surface area (Å²) in [4.78, 5) is 25.2. The Hall–Kier alpha value is -1.08. The predicted octanol–water partition coefficient (Wildman–Crippen LogP) is 0.584. The summed E-state index contributed by atoms with van der Waals surface area (Å²) in [5.74, 6) is -3.39. The van der Waals surface area contributed by atoms with Gasteiger partial charge in [0.15, 0.2) is 11.6 Å². The second-order valence-electron chi connectivity index (χ2n) is 9.62. The largest absolute Gasteiger partial charge is 0.392 e. The summed E-state index contributed by atoms with van der Waals surface area (Å²) in [6.45, 7) is 6.03. The zero-order valence-corrected chi connectivity index (χ0v) is 15.0. The molecule has 6 nitrogen and oxygen atoms in total. The summed E-state index contributed by atoms with van der Waals surface area (Å²) in [5.41, 5.74) is -2.40. The first-order valence-corrected chi connectivity index (χ1v) is 9.60. The zero-order valence-electron chi connectivity index (χ0n) is 15.0. The minimum absolute atomic E-state index is 0.115. The molecule has 5 rings (SSSR count). The highest BCUT2D eigenvalue weighted by molar-refractivity contribution is 6.04. The SMILES string of the molecule is C=C1C(=O)C23[C@H](O)C[C@H]4C5(CCC[C@]4(C)C=O)CO[C@](O)(C[C@@H]1[C@H]2O)[C@@H]53. The number of hydrogen-bond acceptors (Lipinski definition) is 6. The number of rotatable bonds is 1. The summed E-state index contributed by atoms with van der Waals surface area (Å²) in [6, 6.07) is 0. The van der Waals surface area contributed by atoms with E-state index in [1.807, 2.05) is 6.92 Å². The van der Waals surface area contributed by atoms with Gasteiger partial charge in [-0.2, -0.15) is 0 Å². The number of aliphatic hydroxyl groups excluding tert-OH is 2. The van der Waals surface area contributed by atoms with E-state index in [9.17, 15) is 24.9 Å². The van der Waals surface area contributed by atoms with Gasteiger partial charge in [-0.15, -0.1) is 0 Å². The molecule has 9 atom stereocenters. The standard InChI is InChI=1S/C20H26O6/c1-10-11-7-19(25)16-18(9-26-19)5-3-4-17(2,8-21)12(18)6-13(22)20(16,14(10)23)15(11)24/h8,11-13,15-16,22,24-25H,1,3-7,9H2,2H3/t11-,12+,13+,15+,16+,17+,18?,19+,20?/m0/s1. The van der Waals surface area contributed by atoms with Crippen LogP contribution in [-0.2, 0) is 14.3 Å². The highest BCUT2D eigenvalue weighted by Crippen LogP contribution is 2.75. The quantitative estimate of drug-likeness (QED) is 0.466. The molecular formula is C20H26O6. The molecule has 4 aliphatic carbocycles. The average Bonchev–Trinajstić information content (AvgIpc) is 2.96. The second-order valence-corrected chi connectivity index (χ2v) is 9.62. The summed E-state index contributed by atoms with van der Waals surface area (Å²) < 4.78 is 5.95. The fourth-order valence-electron chi connectivity index (χ4n) is 7.78. The molecule has 0 amide bonds. The molecule has 1 heterocycles. The number of ketones is 1. The smallest absolute Gasteiger partial charge is 0.170 e. The molecule has 5 fully saturated rings. The van der Waals surface area contributed by atoms with Crippen LogP contribution >= 0.6 is 0 Å². The number of carbonyl (C=O) groups excluding carboxylic acids is 2. The highest BCUT2D eigenvalue weighted by atomic mass is 16.6. The third-order valence-corrected chi connectivity index (χ3v) is 8.74. The third kappa shape index (κ3) is 1.49. The number of aldehydes is 1. The van der Waals surface area contributed by atoms with Crippen molar-refractivity contribution in [2.45, 2.75) is 57.0 Å². The summed E-state index contributed by atoms with van der Waals surface area (Å²) >= 11 is 0. The molecule has 4 saturated carbocycles. The van der Waals surface area contributed by atoms with Crippen molar-refractivity contribution in [3.05, 3.63) is 12.2 Å². The van der Waals surface area contributed by atoms with E-state index in [4.69, 9.17) is 4.74 Å². The molecule has 1 aliphatic heterocycles. The number of hydrogen-bond donors (Lipinski definition) is 3. The lowest BCUT2D eigenvalue weighted by atomic mass is 9.39. The van der Waals surface area contributed by atoms with Gasteiger partial charge in [-0.25, -0.2) is 0 Å². The van der Waals surface area contributed by atoms with E-state index in [1.165, 1.54) is 0 Å². The van der Waals surface area contributed by atoms with Crippen LogP contribution in [0.5, 0.6) is 0 Å². The van der Waals surface area contributed by atoms with Crippen LogP contribution < -0.4 is 0 Å². The molecular weight excluding hydrogens is 336 g/mol. The Bertz CT molecular complexity index is 734. The molecule has 3 N–H and O–H groups in total. The van der Waals surface area contributed by atoms with Crippen molar-refractivity contribution in [3.63, 3.8) is 0 Å². The molecule has 142 valence electrons. The van der Waals surface area contributed by atoms with Crippen molar-refractivity contribution < 1.29 is 29.6 Å². The fraction of sp³-hybridized carbons (Fsp3) is 0.800. The van der Waals surface area contributed by atoms with Crippen molar-refractivity contribution in [2.75, 3.05) is 6.61 Å². The Balaban J connectivity index is 1.77. The molecule has 2 unspecified atom stereocenters. The molecule has 26 heavy (non-hydrogen) atoms. The molecule has 0 aromatic carbocycles. The lowest BCUT2D eigenvalue weighted by Crippen LogP contribution is -2.71. The summed E-state index contributed by atoms with van der Waals surface area (Å²) in [5, 5.41) is 33.7. The van der Waals surface area contributed by atoms with Crippen LogP contribution in [0.1, 0.15) is 39.0 Å². The number of Topliss-reactive ketones (excluding diaryl/α,β-unsaturated/α-hetero) is 1. The maximum absolute atomic E-state index is 13.3. The Labute approximate surface area is 152 Å². The van der Waals surface area contributed by atoms with Gasteiger partial charge >= 0.3 is 0 Å². The molecule has 0 radical (unpaired) electrons.